The van der Waals surface area contributed by atoms with Gasteiger partial charge in [-0.1, -0.05) is 24.3 Å². The molecule has 1 radical (unpaired) electrons. The first-order valence-corrected chi connectivity index (χ1v) is 7.35. The molecule has 18 heavy (non-hydrogen) atoms. The van der Waals surface area contributed by atoms with E-state index < -0.39 is 0 Å². The second-order valence-electron chi connectivity index (χ2n) is 5.54. The fourth-order valence-corrected chi connectivity index (χ4v) is 3.16. The Morgan fingerprint density at radius 3 is 2.83 bits per heavy atom. The van der Waals surface area contributed by atoms with Crippen molar-refractivity contribution in [1.82, 2.24) is 5.32 Å². The molecule has 0 unspecified atom stereocenters. The van der Waals surface area contributed by atoms with Gasteiger partial charge in [0.1, 0.15) is 0 Å². The van der Waals surface area contributed by atoms with Gasteiger partial charge in [-0.25, -0.2) is 0 Å². The molecule has 1 heteroatoms. The quantitative estimate of drug-likeness (QED) is 0.826. The molecule has 1 N–H and O–H groups in total. The number of hydrogen-bond donors (Lipinski definition) is 1. The Kier molecular flexibility index (Phi) is 3.80. The van der Waals surface area contributed by atoms with Crippen molar-refractivity contribution in [2.24, 2.45) is 0 Å². The van der Waals surface area contributed by atoms with E-state index in [0.29, 0.717) is 0 Å². The summed E-state index contributed by atoms with van der Waals surface area (Å²) in [5.74, 6) is 0.754. The third-order valence-electron chi connectivity index (χ3n) is 4.27. The molecule has 1 aromatic rings. The molecule has 0 spiro atoms. The third-order valence-corrected chi connectivity index (χ3v) is 4.27. The third kappa shape index (κ3) is 2.67. The number of hydrogen-bond acceptors (Lipinski definition) is 1. The first-order chi connectivity index (χ1) is 8.93. The van der Waals surface area contributed by atoms with E-state index in [1.165, 1.54) is 68.3 Å². The van der Waals surface area contributed by atoms with Gasteiger partial charge >= 0.3 is 0 Å². The van der Waals surface area contributed by atoms with Gasteiger partial charge in [0.15, 0.2) is 0 Å². The maximum atomic E-state index is 3.44. The molecule has 3 rings (SSSR count). The fourth-order valence-electron chi connectivity index (χ4n) is 3.16. The molecule has 0 amide bonds. The average Bonchev–Trinajstić information content (AvgIpc) is 2.49. The van der Waals surface area contributed by atoms with Crippen molar-refractivity contribution in [2.45, 2.75) is 44.4 Å². The second-order valence-corrected chi connectivity index (χ2v) is 5.54. The molecule has 1 aliphatic carbocycles. The summed E-state index contributed by atoms with van der Waals surface area (Å²) in [6.07, 6.45) is 10.2. The lowest BCUT2D eigenvalue weighted by Crippen LogP contribution is -2.26. The van der Waals surface area contributed by atoms with Crippen molar-refractivity contribution >= 4 is 5.57 Å². The standard InChI is InChI=1S/C17H22N/c1-2-5-14(6-3-1)16-7-4-8-17(13-16)15-9-11-18-12-10-15/h4-5,8,13,15,18H,1-3,6,9-12H2. The van der Waals surface area contributed by atoms with Gasteiger partial charge in [-0.2, -0.15) is 0 Å². The first kappa shape index (κ1) is 12.0. The maximum absolute atomic E-state index is 3.44. The van der Waals surface area contributed by atoms with Crippen LogP contribution in [0.1, 0.15) is 55.6 Å². The van der Waals surface area contributed by atoms with Crippen molar-refractivity contribution in [1.29, 1.82) is 0 Å². The van der Waals surface area contributed by atoms with Crippen LogP contribution < -0.4 is 5.32 Å². The molecule has 1 saturated heterocycles. The van der Waals surface area contributed by atoms with E-state index in [-0.39, 0.29) is 0 Å². The topological polar surface area (TPSA) is 12.0 Å². The number of nitrogens with one attached hydrogen (secondary N) is 1. The Hall–Kier alpha value is -1.08. The highest BCUT2D eigenvalue weighted by Gasteiger charge is 2.16. The normalized spacial score (nSPS) is 21.7. The Morgan fingerprint density at radius 1 is 1.17 bits per heavy atom. The van der Waals surface area contributed by atoms with Crippen molar-refractivity contribution in [3.63, 3.8) is 0 Å². The minimum atomic E-state index is 0.754. The van der Waals surface area contributed by atoms with Gasteiger partial charge < -0.3 is 5.32 Å². The SMILES string of the molecule is [c]1ccc(C2CCNCC2)cc1C1=CCCCC1. The van der Waals surface area contributed by atoms with Crippen molar-refractivity contribution in [3.8, 4) is 0 Å². The van der Waals surface area contributed by atoms with E-state index in [1.54, 1.807) is 0 Å². The fraction of sp³-hybridized carbons (Fsp3) is 0.529. The molecular weight excluding hydrogens is 218 g/mol. The number of rotatable bonds is 2. The molecule has 0 atom stereocenters. The van der Waals surface area contributed by atoms with Crippen LogP contribution in [0.25, 0.3) is 5.57 Å². The lowest BCUT2D eigenvalue weighted by atomic mass is 9.87. The zero-order valence-electron chi connectivity index (χ0n) is 11.0. The zero-order chi connectivity index (χ0) is 12.2. The molecule has 1 nitrogen and oxygen atoms in total. The van der Waals surface area contributed by atoms with Gasteiger partial charge in [-0.3, -0.25) is 0 Å². The summed E-state index contributed by atoms with van der Waals surface area (Å²) >= 11 is 0. The molecule has 1 heterocycles. The van der Waals surface area contributed by atoms with Crippen molar-refractivity contribution in [3.05, 3.63) is 41.5 Å². The largest absolute Gasteiger partial charge is 0.317 e. The average molecular weight is 240 g/mol. The van der Waals surface area contributed by atoms with Gasteiger partial charge in [0.2, 0.25) is 0 Å². The van der Waals surface area contributed by atoms with E-state index in [0.717, 1.165) is 5.92 Å². The van der Waals surface area contributed by atoms with Crippen LogP contribution in [0.5, 0.6) is 0 Å². The minimum Gasteiger partial charge on any atom is -0.317 e. The van der Waals surface area contributed by atoms with Crippen LogP contribution in [0.3, 0.4) is 0 Å². The van der Waals surface area contributed by atoms with E-state index in [1.807, 2.05) is 0 Å². The lowest BCUT2D eigenvalue weighted by molar-refractivity contribution is 0.460. The second kappa shape index (κ2) is 5.71. The van der Waals surface area contributed by atoms with Crippen LogP contribution >= 0.6 is 0 Å². The number of allylic oxidation sites excluding steroid dienone is 2. The Labute approximate surface area is 110 Å². The summed E-state index contributed by atoms with van der Waals surface area (Å²) in [7, 11) is 0. The molecule has 0 aromatic heterocycles. The van der Waals surface area contributed by atoms with Crippen LogP contribution in [0.4, 0.5) is 0 Å². The van der Waals surface area contributed by atoms with E-state index in [9.17, 15) is 0 Å². The molecule has 1 fully saturated rings. The molecule has 95 valence electrons. The smallest absolute Gasteiger partial charge is 0.00431 e. The van der Waals surface area contributed by atoms with Crippen LogP contribution in [0, 0.1) is 6.07 Å². The summed E-state index contributed by atoms with van der Waals surface area (Å²) in [6.45, 7) is 2.34. The maximum Gasteiger partial charge on any atom is -0.00431 e. The monoisotopic (exact) mass is 240 g/mol. The summed E-state index contributed by atoms with van der Waals surface area (Å²) in [5.41, 5.74) is 4.40. The van der Waals surface area contributed by atoms with Crippen molar-refractivity contribution in [2.75, 3.05) is 13.1 Å². The van der Waals surface area contributed by atoms with E-state index in [4.69, 9.17) is 0 Å². The van der Waals surface area contributed by atoms with Gasteiger partial charge in [0.05, 0.1) is 0 Å². The molecule has 0 saturated carbocycles. The highest BCUT2D eigenvalue weighted by atomic mass is 14.9. The molecular formula is C17H22N. The molecule has 0 bridgehead atoms. The Balaban J connectivity index is 1.81. The highest BCUT2D eigenvalue weighted by Crippen LogP contribution is 2.30. The summed E-state index contributed by atoms with van der Waals surface area (Å²) in [6, 6.07) is 10.2. The van der Waals surface area contributed by atoms with E-state index >= 15 is 0 Å². The predicted octanol–water partition coefficient (Wildman–Crippen LogP) is 3.91. The summed E-state index contributed by atoms with van der Waals surface area (Å²) in [5, 5.41) is 3.44. The summed E-state index contributed by atoms with van der Waals surface area (Å²) < 4.78 is 0. The van der Waals surface area contributed by atoms with E-state index in [2.05, 4.69) is 35.7 Å². The van der Waals surface area contributed by atoms with Gasteiger partial charge in [0.25, 0.3) is 0 Å². The van der Waals surface area contributed by atoms with Crippen LogP contribution in [-0.4, -0.2) is 13.1 Å². The number of benzene rings is 1. The van der Waals surface area contributed by atoms with Gasteiger partial charge in [-0.05, 0) is 80.3 Å². The molecule has 2 aliphatic rings. The van der Waals surface area contributed by atoms with Gasteiger partial charge in [0, 0.05) is 0 Å². The molecule has 1 aliphatic heterocycles. The van der Waals surface area contributed by atoms with Crippen molar-refractivity contribution < 1.29 is 0 Å². The zero-order valence-corrected chi connectivity index (χ0v) is 11.0. The van der Waals surface area contributed by atoms with Crippen LogP contribution in [0.15, 0.2) is 24.3 Å². The molecule has 1 aromatic carbocycles. The number of piperidine rings is 1. The first-order valence-electron chi connectivity index (χ1n) is 7.35. The summed E-state index contributed by atoms with van der Waals surface area (Å²) in [4.78, 5) is 0. The predicted molar refractivity (Wildman–Crippen MR) is 76.6 cm³/mol. The Bertz CT molecular complexity index is 427. The van der Waals surface area contributed by atoms with Gasteiger partial charge in [-0.15, -0.1) is 0 Å². The van der Waals surface area contributed by atoms with Crippen LogP contribution in [-0.2, 0) is 0 Å². The Morgan fingerprint density at radius 2 is 2.06 bits per heavy atom. The minimum absolute atomic E-state index is 0.754. The lowest BCUT2D eigenvalue weighted by Gasteiger charge is -2.23. The highest BCUT2D eigenvalue weighted by molar-refractivity contribution is 5.66. The van der Waals surface area contributed by atoms with Crippen LogP contribution in [0.2, 0.25) is 0 Å².